The molecule has 0 fully saturated rings. The summed E-state index contributed by atoms with van der Waals surface area (Å²) >= 11 is 0. The van der Waals surface area contributed by atoms with E-state index in [1.165, 1.54) is 6.20 Å². The molecule has 1 rings (SSSR count). The van der Waals surface area contributed by atoms with Crippen molar-refractivity contribution in [3.05, 3.63) is 23.5 Å². The van der Waals surface area contributed by atoms with Gasteiger partial charge in [0.1, 0.15) is 5.82 Å². The maximum absolute atomic E-state index is 11.8. The Balaban J connectivity index is 2.93. The Bertz CT molecular complexity index is 514. The topological polar surface area (TPSA) is 82.5 Å². The molecule has 0 aliphatic heterocycles. The van der Waals surface area contributed by atoms with E-state index in [2.05, 4.69) is 10.4 Å². The largest absolute Gasteiger partial charge is 0.462 e. The second-order valence-electron chi connectivity index (χ2n) is 4.14. The Morgan fingerprint density at radius 3 is 2.24 bits per heavy atom. The van der Waals surface area contributed by atoms with Crippen molar-refractivity contribution in [1.82, 2.24) is 9.78 Å². The van der Waals surface area contributed by atoms with Crippen LogP contribution < -0.4 is 5.32 Å². The van der Waals surface area contributed by atoms with Crippen molar-refractivity contribution in [3.63, 3.8) is 0 Å². The quantitative estimate of drug-likeness (QED) is 0.354. The Morgan fingerprint density at radius 2 is 1.81 bits per heavy atom. The van der Waals surface area contributed by atoms with Crippen LogP contribution in [0.15, 0.2) is 17.8 Å². The molecule has 0 aliphatic rings. The average Bonchev–Trinajstić information content (AvgIpc) is 2.80. The van der Waals surface area contributed by atoms with Crippen molar-refractivity contribution >= 4 is 17.8 Å². The summed E-state index contributed by atoms with van der Waals surface area (Å²) in [6.07, 6.45) is 2.08. The molecule has 1 N–H and O–H groups in total. The minimum absolute atomic E-state index is 0.182. The van der Waals surface area contributed by atoms with Crippen molar-refractivity contribution in [3.8, 4) is 0 Å². The third-order valence-corrected chi connectivity index (χ3v) is 2.65. The zero-order valence-corrected chi connectivity index (χ0v) is 12.8. The van der Waals surface area contributed by atoms with Crippen LogP contribution in [0.5, 0.6) is 0 Å². The molecule has 0 atom stereocenters. The van der Waals surface area contributed by atoms with E-state index in [1.807, 2.05) is 13.0 Å². The first-order valence-corrected chi connectivity index (χ1v) is 6.87. The molecule has 0 aromatic carbocycles. The molecule has 116 valence electrons. The number of anilines is 1. The Hall–Kier alpha value is -2.31. The molecular formula is C14H21N3O4. The first-order valence-electron chi connectivity index (χ1n) is 6.87. The molecule has 1 aromatic rings. The average molecular weight is 295 g/mol. The monoisotopic (exact) mass is 295 g/mol. The van der Waals surface area contributed by atoms with Crippen LogP contribution in [-0.4, -0.2) is 34.9 Å². The van der Waals surface area contributed by atoms with E-state index >= 15 is 0 Å². The van der Waals surface area contributed by atoms with Gasteiger partial charge >= 0.3 is 11.9 Å². The van der Waals surface area contributed by atoms with Crippen LogP contribution in [-0.2, 0) is 32.5 Å². The molecule has 0 amide bonds. The smallest absolute Gasteiger partial charge is 0.347 e. The minimum atomic E-state index is -0.721. The number of aromatic nitrogens is 2. The summed E-state index contributed by atoms with van der Waals surface area (Å²) in [7, 11) is 1.77. The highest BCUT2D eigenvalue weighted by Gasteiger charge is 2.21. The predicted molar refractivity (Wildman–Crippen MR) is 77.6 cm³/mol. The maximum atomic E-state index is 11.8. The van der Waals surface area contributed by atoms with E-state index in [-0.39, 0.29) is 18.8 Å². The Kier molecular flexibility index (Phi) is 6.45. The molecule has 0 saturated carbocycles. The molecule has 0 unspecified atom stereocenters. The normalized spacial score (nSPS) is 9.90. The lowest BCUT2D eigenvalue weighted by atomic mass is 10.3. The van der Waals surface area contributed by atoms with Crippen LogP contribution in [0.3, 0.4) is 0 Å². The first-order chi connectivity index (χ1) is 10.0. The molecule has 0 radical (unpaired) electrons. The van der Waals surface area contributed by atoms with Gasteiger partial charge in [-0.15, -0.1) is 0 Å². The SMILES string of the molecule is CCOC(=O)C(=CNc1cc(CC)nn1C)C(=O)OCC. The van der Waals surface area contributed by atoms with Crippen LogP contribution in [0.25, 0.3) is 0 Å². The maximum Gasteiger partial charge on any atom is 0.347 e. The lowest BCUT2D eigenvalue weighted by Gasteiger charge is -2.07. The van der Waals surface area contributed by atoms with Crippen molar-refractivity contribution in [2.24, 2.45) is 7.05 Å². The third-order valence-electron chi connectivity index (χ3n) is 2.65. The second kappa shape index (κ2) is 8.08. The summed E-state index contributed by atoms with van der Waals surface area (Å²) in [5.41, 5.74) is 0.722. The summed E-state index contributed by atoms with van der Waals surface area (Å²) in [5, 5.41) is 7.15. The van der Waals surface area contributed by atoms with Crippen LogP contribution in [0, 0.1) is 0 Å². The zero-order chi connectivity index (χ0) is 15.8. The number of nitrogens with zero attached hydrogens (tertiary/aromatic N) is 2. The number of ether oxygens (including phenoxy) is 2. The minimum Gasteiger partial charge on any atom is -0.462 e. The van der Waals surface area contributed by atoms with E-state index in [0.717, 1.165) is 12.1 Å². The van der Waals surface area contributed by atoms with Crippen molar-refractivity contribution in [2.45, 2.75) is 27.2 Å². The molecule has 0 bridgehead atoms. The summed E-state index contributed by atoms with van der Waals surface area (Å²) in [6, 6.07) is 1.84. The number of aryl methyl sites for hydroxylation is 2. The second-order valence-corrected chi connectivity index (χ2v) is 4.14. The van der Waals surface area contributed by atoms with Crippen LogP contribution in [0.4, 0.5) is 5.82 Å². The Labute approximate surface area is 123 Å². The summed E-state index contributed by atoms with van der Waals surface area (Å²) in [4.78, 5) is 23.5. The molecular weight excluding hydrogens is 274 g/mol. The highest BCUT2D eigenvalue weighted by atomic mass is 16.6. The summed E-state index contributed by atoms with van der Waals surface area (Å²) in [5.74, 6) is -0.777. The molecule has 0 aliphatic carbocycles. The van der Waals surface area contributed by atoms with Crippen molar-refractivity contribution in [2.75, 3.05) is 18.5 Å². The van der Waals surface area contributed by atoms with Gasteiger partial charge in [-0.05, 0) is 20.3 Å². The van der Waals surface area contributed by atoms with Gasteiger partial charge in [-0.2, -0.15) is 5.10 Å². The highest BCUT2D eigenvalue weighted by Crippen LogP contribution is 2.11. The summed E-state index contributed by atoms with van der Waals surface area (Å²) in [6.45, 7) is 5.69. The molecule has 1 aromatic heterocycles. The number of esters is 2. The van der Waals surface area contributed by atoms with E-state index in [9.17, 15) is 9.59 Å². The fourth-order valence-electron chi connectivity index (χ4n) is 1.60. The van der Waals surface area contributed by atoms with Gasteiger partial charge in [-0.25, -0.2) is 9.59 Å². The highest BCUT2D eigenvalue weighted by molar-refractivity contribution is 6.14. The number of carbonyl (C=O) groups excluding carboxylic acids is 2. The van der Waals surface area contributed by atoms with Crippen molar-refractivity contribution in [1.29, 1.82) is 0 Å². The number of hydrogen-bond donors (Lipinski definition) is 1. The third kappa shape index (κ3) is 4.62. The van der Waals surface area contributed by atoms with Gasteiger partial charge in [0.25, 0.3) is 0 Å². The van der Waals surface area contributed by atoms with Crippen molar-refractivity contribution < 1.29 is 19.1 Å². The number of rotatable bonds is 7. The van der Waals surface area contributed by atoms with E-state index < -0.39 is 11.9 Å². The van der Waals surface area contributed by atoms with Crippen LogP contribution in [0.1, 0.15) is 26.5 Å². The van der Waals surface area contributed by atoms with Gasteiger partial charge in [-0.1, -0.05) is 6.92 Å². The number of nitrogens with one attached hydrogen (secondary N) is 1. The molecule has 1 heterocycles. The lowest BCUT2D eigenvalue weighted by molar-refractivity contribution is -0.146. The zero-order valence-electron chi connectivity index (χ0n) is 12.8. The Morgan fingerprint density at radius 1 is 1.24 bits per heavy atom. The number of carbonyl (C=O) groups is 2. The van der Waals surface area contributed by atoms with Crippen LogP contribution >= 0.6 is 0 Å². The molecule has 0 saturated heterocycles. The van der Waals surface area contributed by atoms with Gasteiger partial charge < -0.3 is 14.8 Å². The van der Waals surface area contributed by atoms with Gasteiger partial charge in [-0.3, -0.25) is 4.68 Å². The first kappa shape index (κ1) is 16.7. The van der Waals surface area contributed by atoms with E-state index in [1.54, 1.807) is 25.6 Å². The summed E-state index contributed by atoms with van der Waals surface area (Å²) < 4.78 is 11.3. The predicted octanol–water partition coefficient (Wildman–Crippen LogP) is 1.40. The fourth-order valence-corrected chi connectivity index (χ4v) is 1.60. The standard InChI is InChI=1S/C14H21N3O4/c1-5-10-8-12(17(4)16-10)15-9-11(13(18)20-6-2)14(19)21-7-3/h8-9,15H,5-7H2,1-4H3. The van der Waals surface area contributed by atoms with Gasteiger partial charge in [0.05, 0.1) is 18.9 Å². The molecule has 0 spiro atoms. The van der Waals surface area contributed by atoms with Crippen LogP contribution in [0.2, 0.25) is 0 Å². The van der Waals surface area contributed by atoms with Gasteiger partial charge in [0, 0.05) is 19.3 Å². The van der Waals surface area contributed by atoms with Gasteiger partial charge in [0.2, 0.25) is 0 Å². The van der Waals surface area contributed by atoms with E-state index in [4.69, 9.17) is 9.47 Å². The number of hydrogen-bond acceptors (Lipinski definition) is 6. The fraction of sp³-hybridized carbons (Fsp3) is 0.500. The molecule has 7 heteroatoms. The molecule has 7 nitrogen and oxygen atoms in total. The molecule has 21 heavy (non-hydrogen) atoms. The lowest BCUT2D eigenvalue weighted by Crippen LogP contribution is -2.19. The van der Waals surface area contributed by atoms with E-state index in [0.29, 0.717) is 5.82 Å². The van der Waals surface area contributed by atoms with Gasteiger partial charge in [0.15, 0.2) is 5.57 Å².